The Morgan fingerprint density at radius 3 is 2.50 bits per heavy atom. The SMILES string of the molecule is CN1[C@@H]2CC[C@H]1C[C@@H](NC(=O)[C@H](Cc1ccccc1)n1cnc(-c3cc(Cl)ccc3-n3cc(Cl)nn3)cc1=O)C2. The van der Waals surface area contributed by atoms with Crippen LogP contribution in [0.1, 0.15) is 37.3 Å². The predicted octanol–water partition coefficient (Wildman–Crippen LogP) is 4.32. The van der Waals surface area contributed by atoms with E-state index in [0.717, 1.165) is 31.2 Å². The van der Waals surface area contributed by atoms with Gasteiger partial charge in [-0.2, -0.15) is 0 Å². The van der Waals surface area contributed by atoms with Crippen LogP contribution < -0.4 is 10.9 Å². The summed E-state index contributed by atoms with van der Waals surface area (Å²) in [6.07, 6.45) is 7.55. The van der Waals surface area contributed by atoms with Crippen LogP contribution in [0.25, 0.3) is 16.9 Å². The number of carbonyl (C=O) groups is 1. The van der Waals surface area contributed by atoms with Crippen molar-refractivity contribution in [3.63, 3.8) is 0 Å². The van der Waals surface area contributed by atoms with Gasteiger partial charge in [-0.25, -0.2) is 9.67 Å². The molecule has 2 aromatic heterocycles. The van der Waals surface area contributed by atoms with Crippen LogP contribution >= 0.6 is 23.2 Å². The van der Waals surface area contributed by atoms with Crippen LogP contribution in [0.4, 0.5) is 0 Å². The fourth-order valence-electron chi connectivity index (χ4n) is 6.05. The number of rotatable bonds is 7. The van der Waals surface area contributed by atoms with Gasteiger partial charge in [0.1, 0.15) is 6.04 Å². The summed E-state index contributed by atoms with van der Waals surface area (Å²) < 4.78 is 2.92. The third kappa shape index (κ3) is 5.41. The molecule has 2 aliphatic heterocycles. The van der Waals surface area contributed by atoms with Crippen LogP contribution in [0.3, 0.4) is 0 Å². The van der Waals surface area contributed by atoms with Gasteiger partial charge in [0, 0.05) is 41.2 Å². The van der Waals surface area contributed by atoms with Crippen molar-refractivity contribution in [1.82, 2.24) is 34.8 Å². The summed E-state index contributed by atoms with van der Waals surface area (Å²) in [6, 6.07) is 16.7. The molecule has 40 heavy (non-hydrogen) atoms. The maximum Gasteiger partial charge on any atom is 0.254 e. The summed E-state index contributed by atoms with van der Waals surface area (Å²) in [7, 11) is 2.17. The molecule has 2 fully saturated rings. The molecule has 4 atom stereocenters. The Bertz CT molecular complexity index is 1570. The first-order valence-corrected chi connectivity index (χ1v) is 14.1. The zero-order valence-corrected chi connectivity index (χ0v) is 23.5. The van der Waals surface area contributed by atoms with Gasteiger partial charge in [-0.05, 0) is 56.5 Å². The number of carbonyl (C=O) groups excluding carboxylic acids is 1. The lowest BCUT2D eigenvalue weighted by atomic mass is 9.97. The molecule has 0 unspecified atom stereocenters. The number of amides is 1. The van der Waals surface area contributed by atoms with E-state index in [4.69, 9.17) is 23.2 Å². The molecule has 1 N–H and O–H groups in total. The van der Waals surface area contributed by atoms with Crippen molar-refractivity contribution in [2.24, 2.45) is 0 Å². The minimum atomic E-state index is -0.748. The zero-order valence-electron chi connectivity index (χ0n) is 22.0. The van der Waals surface area contributed by atoms with Crippen molar-refractivity contribution in [3.05, 3.63) is 93.2 Å². The first-order valence-electron chi connectivity index (χ1n) is 13.4. The Labute approximate surface area is 241 Å². The second-order valence-electron chi connectivity index (χ2n) is 10.6. The summed E-state index contributed by atoms with van der Waals surface area (Å²) >= 11 is 12.3. The van der Waals surface area contributed by atoms with Crippen LogP contribution in [0, 0.1) is 0 Å². The topological polar surface area (TPSA) is 97.9 Å². The molecular weight excluding hydrogens is 549 g/mol. The van der Waals surface area contributed by atoms with E-state index in [1.54, 1.807) is 24.4 Å². The summed E-state index contributed by atoms with van der Waals surface area (Å²) in [5.41, 5.74) is 2.22. The van der Waals surface area contributed by atoms with E-state index in [1.807, 2.05) is 30.3 Å². The molecular formula is C29H29Cl2N7O2. The molecule has 0 saturated carbocycles. The van der Waals surface area contributed by atoms with Crippen molar-refractivity contribution in [2.45, 2.75) is 56.3 Å². The molecule has 1 amide bonds. The van der Waals surface area contributed by atoms with Crippen LogP contribution in [0.15, 0.2) is 71.9 Å². The van der Waals surface area contributed by atoms with Gasteiger partial charge in [-0.1, -0.05) is 58.7 Å². The fourth-order valence-corrected chi connectivity index (χ4v) is 6.35. The van der Waals surface area contributed by atoms with Crippen molar-refractivity contribution >= 4 is 29.1 Å². The van der Waals surface area contributed by atoms with E-state index in [1.165, 1.54) is 21.6 Å². The minimum Gasteiger partial charge on any atom is -0.351 e. The third-order valence-electron chi connectivity index (χ3n) is 8.14. The lowest BCUT2D eigenvalue weighted by Gasteiger charge is -2.37. The van der Waals surface area contributed by atoms with Gasteiger partial charge in [0.25, 0.3) is 5.56 Å². The van der Waals surface area contributed by atoms with Crippen LogP contribution in [-0.4, -0.2) is 60.5 Å². The van der Waals surface area contributed by atoms with E-state index in [9.17, 15) is 9.59 Å². The Morgan fingerprint density at radius 2 is 1.82 bits per heavy atom. The van der Waals surface area contributed by atoms with Crippen molar-refractivity contribution in [1.29, 1.82) is 0 Å². The molecule has 4 heterocycles. The fraction of sp³-hybridized carbons (Fsp3) is 0.345. The van der Waals surface area contributed by atoms with Crippen molar-refractivity contribution < 1.29 is 4.79 Å². The van der Waals surface area contributed by atoms with Crippen molar-refractivity contribution in [3.8, 4) is 16.9 Å². The molecule has 2 saturated heterocycles. The standard InChI is InChI=1S/C29H29Cl2N7O2/c1-36-21-8-9-22(36)14-20(13-21)33-29(40)26(11-18-5-3-2-4-6-18)37-17-32-24(15-28(37)39)23-12-19(30)7-10-25(23)38-16-27(31)34-35-38/h2-7,10,12,15-17,20-22,26H,8-9,11,13-14H2,1H3,(H,33,40)/t20-,21+,22-,26-/m0/s1. The average molecular weight is 579 g/mol. The first-order chi connectivity index (χ1) is 19.4. The average Bonchev–Trinajstić information content (AvgIpc) is 3.45. The van der Waals surface area contributed by atoms with E-state index in [2.05, 4.69) is 32.6 Å². The summed E-state index contributed by atoms with van der Waals surface area (Å²) in [4.78, 5) is 34.4. The molecule has 2 aromatic carbocycles. The Morgan fingerprint density at radius 1 is 1.07 bits per heavy atom. The maximum atomic E-state index is 13.8. The quantitative estimate of drug-likeness (QED) is 0.351. The van der Waals surface area contributed by atoms with Crippen LogP contribution in [0.2, 0.25) is 10.2 Å². The largest absolute Gasteiger partial charge is 0.351 e. The van der Waals surface area contributed by atoms with Gasteiger partial charge < -0.3 is 10.2 Å². The number of benzene rings is 2. The molecule has 206 valence electrons. The van der Waals surface area contributed by atoms with E-state index in [0.29, 0.717) is 40.5 Å². The Balaban J connectivity index is 1.32. The Kier molecular flexibility index (Phi) is 7.44. The highest BCUT2D eigenvalue weighted by atomic mass is 35.5. The lowest BCUT2D eigenvalue weighted by Crippen LogP contribution is -2.50. The van der Waals surface area contributed by atoms with Gasteiger partial charge in [0.15, 0.2) is 5.15 Å². The van der Waals surface area contributed by atoms with Gasteiger partial charge in [-0.15, -0.1) is 5.10 Å². The van der Waals surface area contributed by atoms with Crippen LogP contribution in [0.5, 0.6) is 0 Å². The highest BCUT2D eigenvalue weighted by Crippen LogP contribution is 2.34. The van der Waals surface area contributed by atoms with E-state index in [-0.39, 0.29) is 22.7 Å². The molecule has 9 nitrogen and oxygen atoms in total. The van der Waals surface area contributed by atoms with Gasteiger partial charge in [-0.3, -0.25) is 14.2 Å². The second kappa shape index (κ2) is 11.2. The first kappa shape index (κ1) is 26.7. The van der Waals surface area contributed by atoms with Crippen molar-refractivity contribution in [2.75, 3.05) is 7.05 Å². The molecule has 6 rings (SSSR count). The lowest BCUT2D eigenvalue weighted by molar-refractivity contribution is -0.125. The summed E-state index contributed by atoms with van der Waals surface area (Å²) in [6.45, 7) is 0. The highest BCUT2D eigenvalue weighted by Gasteiger charge is 2.39. The number of fused-ring (bicyclic) bond motifs is 2. The Hall–Kier alpha value is -3.53. The number of piperidine rings is 1. The molecule has 0 spiro atoms. The highest BCUT2D eigenvalue weighted by molar-refractivity contribution is 6.31. The van der Waals surface area contributed by atoms with Gasteiger partial charge in [0.2, 0.25) is 5.91 Å². The van der Waals surface area contributed by atoms with E-state index < -0.39 is 6.04 Å². The molecule has 4 aromatic rings. The summed E-state index contributed by atoms with van der Waals surface area (Å²) in [5, 5.41) is 11.9. The summed E-state index contributed by atoms with van der Waals surface area (Å²) in [5.74, 6) is -0.171. The maximum absolute atomic E-state index is 13.8. The molecule has 11 heteroatoms. The number of nitrogens with one attached hydrogen (secondary N) is 1. The minimum absolute atomic E-state index is 0.0888. The number of hydrogen-bond donors (Lipinski definition) is 1. The molecule has 2 bridgehead atoms. The number of hydrogen-bond acceptors (Lipinski definition) is 6. The second-order valence-corrected chi connectivity index (χ2v) is 11.4. The monoisotopic (exact) mass is 577 g/mol. The van der Waals surface area contributed by atoms with Crippen LogP contribution in [-0.2, 0) is 11.2 Å². The smallest absolute Gasteiger partial charge is 0.254 e. The number of aromatic nitrogens is 5. The number of halogens is 2. The normalized spacial score (nSPS) is 21.3. The molecule has 0 aliphatic carbocycles. The molecule has 2 aliphatic rings. The zero-order chi connectivity index (χ0) is 27.8. The third-order valence-corrected chi connectivity index (χ3v) is 8.55. The van der Waals surface area contributed by atoms with Gasteiger partial charge >= 0.3 is 0 Å². The predicted molar refractivity (Wildman–Crippen MR) is 154 cm³/mol. The molecule has 0 radical (unpaired) electrons. The van der Waals surface area contributed by atoms with E-state index >= 15 is 0 Å². The van der Waals surface area contributed by atoms with Gasteiger partial charge in [0.05, 0.1) is 23.9 Å². The number of nitrogens with zero attached hydrogens (tertiary/aromatic N) is 6.